The van der Waals surface area contributed by atoms with Gasteiger partial charge in [0.15, 0.2) is 6.10 Å². The van der Waals surface area contributed by atoms with Crippen LogP contribution in [0.4, 0.5) is 0 Å². The molecule has 0 amide bonds. The Balaban J connectivity index is 2.83. The van der Waals surface area contributed by atoms with Gasteiger partial charge in [-0.1, -0.05) is 13.8 Å². The highest BCUT2D eigenvalue weighted by Crippen LogP contribution is 2.46. The monoisotopic (exact) mass is 211 g/mol. The standard InChI is InChI=1S/C11H17NO3/c1-10(2)3-5-11(7-12,6-4-10)8(13)9(14)15/h8,13H,3-6H2,1-2H3,(H,14,15). The zero-order valence-corrected chi connectivity index (χ0v) is 9.16. The molecule has 0 bridgehead atoms. The van der Waals surface area contributed by atoms with Gasteiger partial charge in [0.2, 0.25) is 0 Å². The van der Waals surface area contributed by atoms with E-state index in [2.05, 4.69) is 13.8 Å². The number of hydrogen-bond acceptors (Lipinski definition) is 3. The minimum absolute atomic E-state index is 0.151. The molecule has 0 spiro atoms. The Morgan fingerprint density at radius 1 is 1.33 bits per heavy atom. The largest absolute Gasteiger partial charge is 0.479 e. The molecular formula is C11H17NO3. The van der Waals surface area contributed by atoms with Crippen LogP contribution in [0.15, 0.2) is 0 Å². The first-order valence-corrected chi connectivity index (χ1v) is 5.15. The normalized spacial score (nSPS) is 25.2. The topological polar surface area (TPSA) is 81.3 Å². The Morgan fingerprint density at radius 3 is 2.13 bits per heavy atom. The van der Waals surface area contributed by atoms with Crippen molar-refractivity contribution in [3.8, 4) is 6.07 Å². The summed E-state index contributed by atoms with van der Waals surface area (Å²) in [6, 6.07) is 2.01. The summed E-state index contributed by atoms with van der Waals surface area (Å²) in [7, 11) is 0. The highest BCUT2D eigenvalue weighted by Gasteiger charge is 2.46. The third-order valence-corrected chi connectivity index (χ3v) is 3.48. The van der Waals surface area contributed by atoms with Crippen LogP contribution in [0, 0.1) is 22.2 Å². The maximum atomic E-state index is 10.7. The second-order valence-electron chi connectivity index (χ2n) is 5.17. The van der Waals surface area contributed by atoms with Crippen LogP contribution in [0.3, 0.4) is 0 Å². The van der Waals surface area contributed by atoms with Gasteiger partial charge in [-0.3, -0.25) is 0 Å². The zero-order valence-electron chi connectivity index (χ0n) is 9.16. The van der Waals surface area contributed by atoms with E-state index in [-0.39, 0.29) is 5.41 Å². The van der Waals surface area contributed by atoms with E-state index in [4.69, 9.17) is 10.4 Å². The second-order valence-corrected chi connectivity index (χ2v) is 5.17. The highest BCUT2D eigenvalue weighted by atomic mass is 16.4. The first-order valence-electron chi connectivity index (χ1n) is 5.15. The first-order chi connectivity index (χ1) is 6.83. The van der Waals surface area contributed by atoms with Crippen LogP contribution in [0.2, 0.25) is 0 Å². The molecule has 2 N–H and O–H groups in total. The van der Waals surface area contributed by atoms with Gasteiger partial charge in [0, 0.05) is 0 Å². The van der Waals surface area contributed by atoms with Crippen molar-refractivity contribution < 1.29 is 15.0 Å². The summed E-state index contributed by atoms with van der Waals surface area (Å²) in [5, 5.41) is 27.4. The smallest absolute Gasteiger partial charge is 0.334 e. The molecule has 1 aliphatic rings. The molecule has 0 aromatic rings. The number of nitriles is 1. The molecule has 4 heteroatoms. The lowest BCUT2D eigenvalue weighted by atomic mass is 9.63. The minimum Gasteiger partial charge on any atom is -0.479 e. The number of aliphatic hydroxyl groups excluding tert-OH is 1. The summed E-state index contributed by atoms with van der Waals surface area (Å²) in [6.07, 6.45) is 0.933. The molecule has 1 unspecified atom stereocenters. The van der Waals surface area contributed by atoms with E-state index in [1.54, 1.807) is 0 Å². The molecular weight excluding hydrogens is 194 g/mol. The molecule has 15 heavy (non-hydrogen) atoms. The molecule has 0 saturated heterocycles. The van der Waals surface area contributed by atoms with E-state index in [0.717, 1.165) is 12.8 Å². The Kier molecular flexibility index (Phi) is 3.05. The average Bonchev–Trinajstić information content (AvgIpc) is 2.18. The fourth-order valence-corrected chi connectivity index (χ4v) is 2.06. The minimum atomic E-state index is -1.56. The van der Waals surface area contributed by atoms with Gasteiger partial charge in [-0.25, -0.2) is 4.79 Å². The number of aliphatic carboxylic acids is 1. The molecule has 1 rings (SSSR count). The van der Waals surface area contributed by atoms with Crippen molar-refractivity contribution in [3.63, 3.8) is 0 Å². The van der Waals surface area contributed by atoms with Crippen LogP contribution in [0.25, 0.3) is 0 Å². The summed E-state index contributed by atoms with van der Waals surface area (Å²) >= 11 is 0. The number of nitrogens with zero attached hydrogens (tertiary/aromatic N) is 1. The van der Waals surface area contributed by atoms with Crippen LogP contribution in [-0.4, -0.2) is 22.3 Å². The van der Waals surface area contributed by atoms with Gasteiger partial charge < -0.3 is 10.2 Å². The van der Waals surface area contributed by atoms with E-state index in [1.165, 1.54) is 0 Å². The summed E-state index contributed by atoms with van der Waals surface area (Å²) in [5.74, 6) is -1.30. The number of carboxylic acids is 1. The van der Waals surface area contributed by atoms with Crippen LogP contribution in [0.1, 0.15) is 39.5 Å². The summed E-state index contributed by atoms with van der Waals surface area (Å²) in [4.78, 5) is 10.7. The molecule has 0 aliphatic heterocycles. The van der Waals surface area contributed by atoms with Crippen molar-refractivity contribution in [2.24, 2.45) is 10.8 Å². The lowest BCUT2D eigenvalue weighted by Crippen LogP contribution is -2.43. The van der Waals surface area contributed by atoms with E-state index in [1.807, 2.05) is 6.07 Å². The molecule has 1 saturated carbocycles. The first kappa shape index (κ1) is 12.0. The molecule has 1 aliphatic carbocycles. The van der Waals surface area contributed by atoms with Crippen molar-refractivity contribution in [2.45, 2.75) is 45.6 Å². The third kappa shape index (κ3) is 2.29. The Morgan fingerprint density at radius 2 is 1.80 bits per heavy atom. The van der Waals surface area contributed by atoms with Crippen molar-refractivity contribution in [3.05, 3.63) is 0 Å². The van der Waals surface area contributed by atoms with Gasteiger partial charge in [0.1, 0.15) is 0 Å². The lowest BCUT2D eigenvalue weighted by molar-refractivity contribution is -0.154. The van der Waals surface area contributed by atoms with E-state index in [9.17, 15) is 9.90 Å². The SMILES string of the molecule is CC1(C)CCC(C#N)(C(O)C(=O)O)CC1. The Hall–Kier alpha value is -1.08. The summed E-state index contributed by atoms with van der Waals surface area (Å²) in [5.41, 5.74) is -0.931. The molecule has 0 heterocycles. The van der Waals surface area contributed by atoms with Gasteiger partial charge in [-0.05, 0) is 31.1 Å². The van der Waals surface area contributed by atoms with E-state index >= 15 is 0 Å². The van der Waals surface area contributed by atoms with Gasteiger partial charge in [-0.2, -0.15) is 5.26 Å². The third-order valence-electron chi connectivity index (χ3n) is 3.48. The quantitative estimate of drug-likeness (QED) is 0.726. The molecule has 4 nitrogen and oxygen atoms in total. The Bertz CT molecular complexity index is 293. The van der Waals surface area contributed by atoms with Crippen LogP contribution in [0.5, 0.6) is 0 Å². The molecule has 1 atom stereocenters. The summed E-state index contributed by atoms with van der Waals surface area (Å²) < 4.78 is 0. The van der Waals surface area contributed by atoms with Crippen LogP contribution >= 0.6 is 0 Å². The van der Waals surface area contributed by atoms with Crippen LogP contribution in [-0.2, 0) is 4.79 Å². The molecule has 0 aromatic carbocycles. The van der Waals surface area contributed by atoms with Crippen molar-refractivity contribution in [1.82, 2.24) is 0 Å². The predicted octanol–water partition coefficient (Wildman–Crippen LogP) is 1.54. The van der Waals surface area contributed by atoms with E-state index in [0.29, 0.717) is 12.8 Å². The van der Waals surface area contributed by atoms with Crippen molar-refractivity contribution in [1.29, 1.82) is 5.26 Å². The lowest BCUT2D eigenvalue weighted by Gasteiger charge is -2.40. The van der Waals surface area contributed by atoms with E-state index < -0.39 is 17.5 Å². The summed E-state index contributed by atoms with van der Waals surface area (Å²) in [6.45, 7) is 4.20. The average molecular weight is 211 g/mol. The number of rotatable bonds is 2. The van der Waals surface area contributed by atoms with Crippen molar-refractivity contribution >= 4 is 5.97 Å². The van der Waals surface area contributed by atoms with Crippen molar-refractivity contribution in [2.75, 3.05) is 0 Å². The number of hydrogen-bond donors (Lipinski definition) is 2. The van der Waals surface area contributed by atoms with Crippen LogP contribution < -0.4 is 0 Å². The fraction of sp³-hybridized carbons (Fsp3) is 0.818. The number of carboxylic acid groups (broad SMARTS) is 1. The Labute approximate surface area is 89.5 Å². The maximum Gasteiger partial charge on any atom is 0.334 e. The molecule has 84 valence electrons. The fourth-order valence-electron chi connectivity index (χ4n) is 2.06. The zero-order chi connectivity index (χ0) is 11.7. The molecule has 1 fully saturated rings. The number of carbonyl (C=O) groups is 1. The maximum absolute atomic E-state index is 10.7. The van der Waals surface area contributed by atoms with Gasteiger partial charge in [0.25, 0.3) is 0 Å². The molecule has 0 radical (unpaired) electrons. The van der Waals surface area contributed by atoms with Gasteiger partial charge >= 0.3 is 5.97 Å². The second kappa shape index (κ2) is 3.82. The number of aliphatic hydroxyl groups is 1. The van der Waals surface area contributed by atoms with Gasteiger partial charge in [-0.15, -0.1) is 0 Å². The van der Waals surface area contributed by atoms with Gasteiger partial charge in [0.05, 0.1) is 11.5 Å². The predicted molar refractivity (Wildman–Crippen MR) is 53.9 cm³/mol. The highest BCUT2D eigenvalue weighted by molar-refractivity contribution is 5.73. The molecule has 0 aromatic heterocycles.